The number of nitrogens with zero attached hydrogens (tertiary/aromatic N) is 1. The number of aliphatic hydroxyl groups excluding tert-OH is 1. The Morgan fingerprint density at radius 2 is 2.29 bits per heavy atom. The molecule has 0 radical (unpaired) electrons. The van der Waals surface area contributed by atoms with Crippen molar-refractivity contribution in [3.05, 3.63) is 23.8 Å². The van der Waals surface area contributed by atoms with Crippen LogP contribution in [0.5, 0.6) is 5.75 Å². The summed E-state index contributed by atoms with van der Waals surface area (Å²) in [6.45, 7) is 3.26. The fraction of sp³-hybridized carbons (Fsp3) is 0.562. The Morgan fingerprint density at radius 1 is 1.48 bits per heavy atom. The van der Waals surface area contributed by atoms with E-state index >= 15 is 0 Å². The summed E-state index contributed by atoms with van der Waals surface area (Å²) < 4.78 is 5.27. The van der Waals surface area contributed by atoms with Crippen LogP contribution in [0.4, 0.5) is 5.69 Å². The van der Waals surface area contributed by atoms with Gasteiger partial charge >= 0.3 is 0 Å². The van der Waals surface area contributed by atoms with Crippen molar-refractivity contribution in [3.8, 4) is 5.75 Å². The molecule has 0 spiro atoms. The maximum absolute atomic E-state index is 12.2. The SMILES string of the molecule is COc1ccc(C)cc1NC(=O)CN1CCCCC1CO. The average molecular weight is 292 g/mol. The van der Waals surface area contributed by atoms with E-state index < -0.39 is 0 Å². The molecule has 0 aliphatic carbocycles. The maximum atomic E-state index is 12.2. The molecule has 1 aliphatic heterocycles. The Kier molecular flexibility index (Phi) is 5.59. The number of piperidine rings is 1. The number of aryl methyl sites for hydroxylation is 1. The van der Waals surface area contributed by atoms with Gasteiger partial charge in [-0.05, 0) is 44.0 Å². The first-order valence-corrected chi connectivity index (χ1v) is 7.43. The molecule has 1 amide bonds. The van der Waals surface area contributed by atoms with Crippen LogP contribution >= 0.6 is 0 Å². The van der Waals surface area contributed by atoms with Gasteiger partial charge in [-0.25, -0.2) is 0 Å². The highest BCUT2D eigenvalue weighted by Gasteiger charge is 2.23. The zero-order valence-electron chi connectivity index (χ0n) is 12.8. The van der Waals surface area contributed by atoms with Crippen molar-refractivity contribution in [2.75, 3.05) is 32.1 Å². The van der Waals surface area contributed by atoms with Crippen molar-refractivity contribution >= 4 is 11.6 Å². The van der Waals surface area contributed by atoms with Crippen LogP contribution in [0.25, 0.3) is 0 Å². The highest BCUT2D eigenvalue weighted by Crippen LogP contribution is 2.25. The summed E-state index contributed by atoms with van der Waals surface area (Å²) in [5.74, 6) is 0.588. The first-order chi connectivity index (χ1) is 10.1. The van der Waals surface area contributed by atoms with E-state index in [1.54, 1.807) is 7.11 Å². The monoisotopic (exact) mass is 292 g/mol. The van der Waals surface area contributed by atoms with Gasteiger partial charge in [0.25, 0.3) is 0 Å². The van der Waals surface area contributed by atoms with Crippen LogP contribution in [-0.4, -0.2) is 48.8 Å². The molecule has 21 heavy (non-hydrogen) atoms. The Bertz CT molecular complexity index is 490. The zero-order chi connectivity index (χ0) is 15.2. The van der Waals surface area contributed by atoms with E-state index in [4.69, 9.17) is 4.74 Å². The fourth-order valence-corrected chi connectivity index (χ4v) is 2.77. The van der Waals surface area contributed by atoms with Gasteiger partial charge in [-0.15, -0.1) is 0 Å². The normalized spacial score (nSPS) is 19.3. The minimum atomic E-state index is -0.0701. The van der Waals surface area contributed by atoms with Crippen molar-refractivity contribution < 1.29 is 14.6 Å². The topological polar surface area (TPSA) is 61.8 Å². The number of hydrogen-bond acceptors (Lipinski definition) is 4. The van der Waals surface area contributed by atoms with Gasteiger partial charge in [0.2, 0.25) is 5.91 Å². The molecule has 5 nitrogen and oxygen atoms in total. The third kappa shape index (κ3) is 4.19. The number of ether oxygens (including phenoxy) is 1. The standard InChI is InChI=1S/C16H24N2O3/c1-12-6-7-15(21-2)14(9-12)17-16(20)10-18-8-4-3-5-13(18)11-19/h6-7,9,13,19H,3-5,8,10-11H2,1-2H3,(H,17,20). The molecule has 2 N–H and O–H groups in total. The smallest absolute Gasteiger partial charge is 0.238 e. The minimum absolute atomic E-state index is 0.0701. The Balaban J connectivity index is 1.99. The largest absolute Gasteiger partial charge is 0.495 e. The Labute approximate surface area is 125 Å². The third-order valence-electron chi connectivity index (χ3n) is 3.94. The number of anilines is 1. The van der Waals surface area contributed by atoms with E-state index in [0.29, 0.717) is 18.0 Å². The third-order valence-corrected chi connectivity index (χ3v) is 3.94. The average Bonchev–Trinajstić information content (AvgIpc) is 2.48. The van der Waals surface area contributed by atoms with E-state index in [-0.39, 0.29) is 18.6 Å². The maximum Gasteiger partial charge on any atom is 0.238 e. The van der Waals surface area contributed by atoms with Crippen LogP contribution < -0.4 is 10.1 Å². The molecular weight excluding hydrogens is 268 g/mol. The lowest BCUT2D eigenvalue weighted by Crippen LogP contribution is -2.45. The first kappa shape index (κ1) is 15.8. The lowest BCUT2D eigenvalue weighted by molar-refractivity contribution is -0.118. The van der Waals surface area contributed by atoms with E-state index in [1.807, 2.05) is 25.1 Å². The van der Waals surface area contributed by atoms with E-state index in [2.05, 4.69) is 10.2 Å². The highest BCUT2D eigenvalue weighted by atomic mass is 16.5. The second kappa shape index (κ2) is 7.43. The number of aliphatic hydroxyl groups is 1. The van der Waals surface area contributed by atoms with Crippen LogP contribution in [0.15, 0.2) is 18.2 Å². The molecule has 0 bridgehead atoms. The number of amides is 1. The molecule has 1 aliphatic rings. The molecule has 1 unspecified atom stereocenters. The fourth-order valence-electron chi connectivity index (χ4n) is 2.77. The second-order valence-electron chi connectivity index (χ2n) is 5.55. The number of hydrogen-bond donors (Lipinski definition) is 2. The summed E-state index contributed by atoms with van der Waals surface area (Å²) in [4.78, 5) is 14.3. The number of rotatable bonds is 5. The number of methoxy groups -OCH3 is 1. The molecule has 1 aromatic carbocycles. The van der Waals surface area contributed by atoms with E-state index in [9.17, 15) is 9.90 Å². The van der Waals surface area contributed by atoms with Crippen molar-refractivity contribution in [2.24, 2.45) is 0 Å². The lowest BCUT2D eigenvalue weighted by Gasteiger charge is -2.33. The van der Waals surface area contributed by atoms with Gasteiger partial charge in [0.1, 0.15) is 5.75 Å². The summed E-state index contributed by atoms with van der Waals surface area (Å²) in [5, 5.41) is 12.3. The Morgan fingerprint density at radius 3 is 3.00 bits per heavy atom. The van der Waals surface area contributed by atoms with Crippen LogP contribution in [0.1, 0.15) is 24.8 Å². The predicted molar refractivity (Wildman–Crippen MR) is 82.7 cm³/mol. The van der Waals surface area contributed by atoms with Crippen molar-refractivity contribution in [2.45, 2.75) is 32.2 Å². The number of benzene rings is 1. The molecule has 1 saturated heterocycles. The molecule has 1 heterocycles. The van der Waals surface area contributed by atoms with Crippen molar-refractivity contribution in [3.63, 3.8) is 0 Å². The van der Waals surface area contributed by atoms with Crippen molar-refractivity contribution in [1.82, 2.24) is 4.90 Å². The quantitative estimate of drug-likeness (QED) is 0.868. The molecule has 2 rings (SSSR count). The van der Waals surface area contributed by atoms with E-state index in [1.165, 1.54) is 0 Å². The number of carbonyl (C=O) groups is 1. The molecule has 5 heteroatoms. The molecule has 0 aromatic heterocycles. The predicted octanol–water partition coefficient (Wildman–Crippen LogP) is 1.79. The van der Waals surface area contributed by atoms with E-state index in [0.717, 1.165) is 31.4 Å². The van der Waals surface area contributed by atoms with Gasteiger partial charge in [0.15, 0.2) is 0 Å². The Hall–Kier alpha value is -1.59. The molecule has 1 aromatic rings. The zero-order valence-corrected chi connectivity index (χ0v) is 12.8. The van der Waals surface area contributed by atoms with Crippen LogP contribution in [0.2, 0.25) is 0 Å². The van der Waals surface area contributed by atoms with Gasteiger partial charge in [-0.1, -0.05) is 12.5 Å². The molecule has 1 fully saturated rings. The molecular formula is C16H24N2O3. The number of likely N-dealkylation sites (tertiary alicyclic amines) is 1. The summed E-state index contributed by atoms with van der Waals surface area (Å²) >= 11 is 0. The summed E-state index contributed by atoms with van der Waals surface area (Å²) in [6.07, 6.45) is 3.16. The van der Waals surface area contributed by atoms with Crippen LogP contribution in [0, 0.1) is 6.92 Å². The highest BCUT2D eigenvalue weighted by molar-refractivity contribution is 5.93. The summed E-state index contributed by atoms with van der Waals surface area (Å²) in [7, 11) is 1.59. The summed E-state index contributed by atoms with van der Waals surface area (Å²) in [5.41, 5.74) is 1.76. The van der Waals surface area contributed by atoms with Gasteiger partial charge in [-0.3, -0.25) is 9.69 Å². The van der Waals surface area contributed by atoms with Gasteiger partial charge < -0.3 is 15.2 Å². The van der Waals surface area contributed by atoms with Crippen LogP contribution in [-0.2, 0) is 4.79 Å². The lowest BCUT2D eigenvalue weighted by atomic mass is 10.0. The second-order valence-corrected chi connectivity index (χ2v) is 5.55. The molecule has 116 valence electrons. The van der Waals surface area contributed by atoms with Gasteiger partial charge in [0.05, 0.1) is 25.9 Å². The number of carbonyl (C=O) groups excluding carboxylic acids is 1. The summed E-state index contributed by atoms with van der Waals surface area (Å²) in [6, 6.07) is 5.80. The van der Waals surface area contributed by atoms with Crippen LogP contribution in [0.3, 0.4) is 0 Å². The molecule has 1 atom stereocenters. The molecule has 0 saturated carbocycles. The van der Waals surface area contributed by atoms with Gasteiger partial charge in [0, 0.05) is 6.04 Å². The minimum Gasteiger partial charge on any atom is -0.495 e. The van der Waals surface area contributed by atoms with Crippen molar-refractivity contribution in [1.29, 1.82) is 0 Å². The number of nitrogens with one attached hydrogen (secondary N) is 1. The first-order valence-electron chi connectivity index (χ1n) is 7.43. The van der Waals surface area contributed by atoms with Gasteiger partial charge in [-0.2, -0.15) is 0 Å².